The van der Waals surface area contributed by atoms with Gasteiger partial charge in [0.05, 0.1) is 0 Å². The van der Waals surface area contributed by atoms with Gasteiger partial charge in [0.2, 0.25) is 0 Å². The summed E-state index contributed by atoms with van der Waals surface area (Å²) in [5, 5.41) is 16.4. The molecule has 0 saturated carbocycles. The lowest BCUT2D eigenvalue weighted by Crippen LogP contribution is -2.03. The first-order valence-corrected chi connectivity index (χ1v) is 7.15. The molecule has 0 amide bonds. The molecule has 22 heavy (non-hydrogen) atoms. The molecule has 1 unspecified atom stereocenters. The maximum absolute atomic E-state index is 13.2. The highest BCUT2D eigenvalue weighted by Crippen LogP contribution is 2.19. The van der Waals surface area contributed by atoms with Crippen molar-refractivity contribution in [1.82, 2.24) is 20.2 Å². The van der Waals surface area contributed by atoms with E-state index >= 15 is 0 Å². The molecule has 1 atom stereocenters. The molecule has 114 valence electrons. The van der Waals surface area contributed by atoms with Gasteiger partial charge in [0.25, 0.3) is 0 Å². The highest BCUT2D eigenvalue weighted by atomic mass is 19.1. The standard InChI is InChI=1S/C16H17FN4O/c17-13-3-1-2-11(8-13)9-14-12(6-7-18-14)4-5-15(22)16-19-10-20-21-16/h1-3,6-8,10,15,18,22H,4-5,9H2,(H,19,20,21). The van der Waals surface area contributed by atoms with Crippen LogP contribution in [0.3, 0.4) is 0 Å². The lowest BCUT2D eigenvalue weighted by Gasteiger charge is -2.08. The van der Waals surface area contributed by atoms with Gasteiger partial charge in [-0.15, -0.1) is 0 Å². The Morgan fingerprint density at radius 2 is 2.18 bits per heavy atom. The molecule has 0 spiro atoms. The molecule has 6 heteroatoms. The minimum atomic E-state index is -0.667. The number of H-pyrrole nitrogens is 2. The smallest absolute Gasteiger partial charge is 0.153 e. The van der Waals surface area contributed by atoms with Crippen LogP contribution in [0, 0.1) is 5.82 Å². The second kappa shape index (κ2) is 6.53. The Morgan fingerprint density at radius 3 is 2.95 bits per heavy atom. The molecule has 0 bridgehead atoms. The van der Waals surface area contributed by atoms with Gasteiger partial charge in [-0.3, -0.25) is 5.10 Å². The Labute approximate surface area is 127 Å². The van der Waals surface area contributed by atoms with E-state index in [-0.39, 0.29) is 5.82 Å². The zero-order valence-electron chi connectivity index (χ0n) is 12.0. The van der Waals surface area contributed by atoms with Crippen molar-refractivity contribution >= 4 is 0 Å². The first kappa shape index (κ1) is 14.5. The van der Waals surface area contributed by atoms with E-state index in [1.165, 1.54) is 18.5 Å². The van der Waals surface area contributed by atoms with Gasteiger partial charge in [0, 0.05) is 18.3 Å². The number of rotatable bonds is 6. The molecule has 0 aliphatic rings. The highest BCUT2D eigenvalue weighted by molar-refractivity contribution is 5.28. The number of halogens is 1. The van der Waals surface area contributed by atoms with Crippen LogP contribution in [0.4, 0.5) is 4.39 Å². The number of benzene rings is 1. The van der Waals surface area contributed by atoms with Crippen LogP contribution in [0.25, 0.3) is 0 Å². The minimum absolute atomic E-state index is 0.230. The van der Waals surface area contributed by atoms with Gasteiger partial charge in [-0.1, -0.05) is 12.1 Å². The largest absolute Gasteiger partial charge is 0.385 e. The third-order valence-corrected chi connectivity index (χ3v) is 3.64. The van der Waals surface area contributed by atoms with Gasteiger partial charge in [-0.2, -0.15) is 5.10 Å². The Hall–Kier alpha value is -2.47. The Morgan fingerprint density at radius 1 is 1.27 bits per heavy atom. The molecule has 2 heterocycles. The van der Waals surface area contributed by atoms with Crippen molar-refractivity contribution in [1.29, 1.82) is 0 Å². The van der Waals surface area contributed by atoms with Crippen LogP contribution in [-0.4, -0.2) is 25.3 Å². The van der Waals surface area contributed by atoms with Crippen molar-refractivity contribution < 1.29 is 9.50 Å². The molecule has 3 aromatic rings. The van der Waals surface area contributed by atoms with Crippen molar-refractivity contribution in [2.45, 2.75) is 25.4 Å². The molecule has 3 rings (SSSR count). The summed E-state index contributed by atoms with van der Waals surface area (Å²) in [7, 11) is 0. The topological polar surface area (TPSA) is 77.6 Å². The van der Waals surface area contributed by atoms with Crippen LogP contribution >= 0.6 is 0 Å². The summed E-state index contributed by atoms with van der Waals surface area (Å²) in [4.78, 5) is 7.14. The van der Waals surface area contributed by atoms with E-state index in [1.807, 2.05) is 18.3 Å². The number of nitrogens with one attached hydrogen (secondary N) is 2. The van der Waals surface area contributed by atoms with E-state index in [4.69, 9.17) is 0 Å². The first-order valence-electron chi connectivity index (χ1n) is 7.15. The number of hydrogen-bond donors (Lipinski definition) is 3. The zero-order chi connectivity index (χ0) is 15.4. The van der Waals surface area contributed by atoms with E-state index in [1.54, 1.807) is 6.07 Å². The third-order valence-electron chi connectivity index (χ3n) is 3.64. The van der Waals surface area contributed by atoms with Crippen molar-refractivity contribution in [3.63, 3.8) is 0 Å². The molecular weight excluding hydrogens is 283 g/mol. The lowest BCUT2D eigenvalue weighted by molar-refractivity contribution is 0.158. The monoisotopic (exact) mass is 300 g/mol. The second-order valence-corrected chi connectivity index (χ2v) is 5.21. The fourth-order valence-corrected chi connectivity index (χ4v) is 2.49. The second-order valence-electron chi connectivity index (χ2n) is 5.21. The fraction of sp³-hybridized carbons (Fsp3) is 0.250. The maximum Gasteiger partial charge on any atom is 0.153 e. The van der Waals surface area contributed by atoms with E-state index in [2.05, 4.69) is 20.2 Å². The van der Waals surface area contributed by atoms with E-state index in [0.29, 0.717) is 25.1 Å². The number of nitrogens with zero attached hydrogens (tertiary/aromatic N) is 2. The number of aryl methyl sites for hydroxylation is 1. The molecule has 3 N–H and O–H groups in total. The SMILES string of the molecule is OC(CCc1cc[nH]c1Cc1cccc(F)c1)c1ncn[nH]1. The van der Waals surface area contributed by atoms with Gasteiger partial charge < -0.3 is 10.1 Å². The molecule has 0 saturated heterocycles. The van der Waals surface area contributed by atoms with Crippen molar-refractivity contribution in [3.05, 3.63) is 71.3 Å². The van der Waals surface area contributed by atoms with Crippen molar-refractivity contribution in [2.24, 2.45) is 0 Å². The molecule has 0 fully saturated rings. The van der Waals surface area contributed by atoms with Crippen LogP contribution in [0.1, 0.15) is 35.2 Å². The average molecular weight is 300 g/mol. The molecule has 0 aliphatic heterocycles. The van der Waals surface area contributed by atoms with E-state index in [0.717, 1.165) is 16.8 Å². The van der Waals surface area contributed by atoms with Gasteiger partial charge in [0.1, 0.15) is 18.2 Å². The summed E-state index contributed by atoms with van der Waals surface area (Å²) in [5.74, 6) is 0.244. The van der Waals surface area contributed by atoms with E-state index < -0.39 is 6.10 Å². The van der Waals surface area contributed by atoms with Crippen LogP contribution in [0.15, 0.2) is 42.9 Å². The van der Waals surface area contributed by atoms with Gasteiger partial charge in [0.15, 0.2) is 5.82 Å². The summed E-state index contributed by atoms with van der Waals surface area (Å²) in [6, 6.07) is 8.57. The highest BCUT2D eigenvalue weighted by Gasteiger charge is 2.12. The summed E-state index contributed by atoms with van der Waals surface area (Å²) >= 11 is 0. The zero-order valence-corrected chi connectivity index (χ0v) is 12.0. The van der Waals surface area contributed by atoms with Crippen LogP contribution in [-0.2, 0) is 12.8 Å². The number of aliphatic hydroxyl groups excluding tert-OH is 1. The van der Waals surface area contributed by atoms with Crippen LogP contribution < -0.4 is 0 Å². The fourth-order valence-electron chi connectivity index (χ4n) is 2.49. The third kappa shape index (κ3) is 3.40. The average Bonchev–Trinajstić information content (AvgIpc) is 3.16. The van der Waals surface area contributed by atoms with Crippen LogP contribution in [0.2, 0.25) is 0 Å². The number of hydrogen-bond acceptors (Lipinski definition) is 3. The number of aromatic amines is 2. The Balaban J connectivity index is 1.65. The number of aromatic nitrogens is 4. The lowest BCUT2D eigenvalue weighted by atomic mass is 10.0. The molecule has 0 radical (unpaired) electrons. The Kier molecular flexibility index (Phi) is 4.29. The molecular formula is C16H17FN4O. The predicted molar refractivity (Wildman–Crippen MR) is 79.7 cm³/mol. The maximum atomic E-state index is 13.2. The molecule has 2 aromatic heterocycles. The quantitative estimate of drug-likeness (QED) is 0.654. The van der Waals surface area contributed by atoms with E-state index in [9.17, 15) is 9.50 Å². The molecule has 5 nitrogen and oxygen atoms in total. The first-order chi connectivity index (χ1) is 10.7. The summed E-state index contributed by atoms with van der Waals surface area (Å²) in [5.41, 5.74) is 3.07. The Bertz CT molecular complexity index is 723. The normalized spacial score (nSPS) is 12.5. The van der Waals surface area contributed by atoms with Crippen molar-refractivity contribution in [2.75, 3.05) is 0 Å². The molecule has 1 aromatic carbocycles. The minimum Gasteiger partial charge on any atom is -0.385 e. The number of aliphatic hydroxyl groups is 1. The van der Waals surface area contributed by atoms with Crippen molar-refractivity contribution in [3.8, 4) is 0 Å². The summed E-state index contributed by atoms with van der Waals surface area (Å²) in [6.45, 7) is 0. The van der Waals surface area contributed by atoms with Gasteiger partial charge in [-0.25, -0.2) is 9.37 Å². The summed E-state index contributed by atoms with van der Waals surface area (Å²) in [6.07, 6.45) is 4.46. The van der Waals surface area contributed by atoms with Gasteiger partial charge in [-0.05, 0) is 42.2 Å². The molecule has 0 aliphatic carbocycles. The summed E-state index contributed by atoms with van der Waals surface area (Å²) < 4.78 is 13.2. The van der Waals surface area contributed by atoms with Crippen LogP contribution in [0.5, 0.6) is 0 Å². The predicted octanol–water partition coefficient (Wildman–Crippen LogP) is 2.53. The van der Waals surface area contributed by atoms with Gasteiger partial charge >= 0.3 is 0 Å².